The SMILES string of the molecule is C[C@@H]1[C@H](N[C@@H](C)c2ccccc2)[C@H](C(=O)OC(C)(C)C)[C@@H](c2ccccc2)[C@H](C(=O)OC(C)(C)C)[C@H]1c1ccccc1. The lowest BCUT2D eigenvalue weighted by molar-refractivity contribution is -0.172. The second-order valence-corrected chi connectivity index (χ2v) is 13.7. The lowest BCUT2D eigenvalue weighted by Gasteiger charge is -2.51. The van der Waals surface area contributed by atoms with Crippen LogP contribution in [0.2, 0.25) is 0 Å². The third-order valence-corrected chi connectivity index (χ3v) is 8.15. The number of nitrogens with one attached hydrogen (secondary N) is 1. The fourth-order valence-electron chi connectivity index (χ4n) is 6.53. The molecule has 42 heavy (non-hydrogen) atoms. The molecular weight excluding hydrogens is 522 g/mol. The quantitative estimate of drug-likeness (QED) is 0.294. The van der Waals surface area contributed by atoms with Gasteiger partial charge in [0.25, 0.3) is 0 Å². The molecule has 0 amide bonds. The second-order valence-electron chi connectivity index (χ2n) is 13.7. The van der Waals surface area contributed by atoms with Gasteiger partial charge >= 0.3 is 11.9 Å². The Morgan fingerprint density at radius 3 is 1.50 bits per heavy atom. The zero-order valence-electron chi connectivity index (χ0n) is 26.3. The predicted octanol–water partition coefficient (Wildman–Crippen LogP) is 7.84. The van der Waals surface area contributed by atoms with Crippen molar-refractivity contribution in [3.8, 4) is 0 Å². The highest BCUT2D eigenvalue weighted by molar-refractivity contribution is 5.81. The van der Waals surface area contributed by atoms with Crippen molar-refractivity contribution in [1.82, 2.24) is 5.32 Å². The Morgan fingerprint density at radius 1 is 0.643 bits per heavy atom. The first-order valence-electron chi connectivity index (χ1n) is 15.1. The molecule has 4 rings (SSSR count). The van der Waals surface area contributed by atoms with E-state index in [1.165, 1.54) is 0 Å². The molecule has 0 heterocycles. The molecule has 0 aromatic heterocycles. The van der Waals surface area contributed by atoms with Crippen LogP contribution in [-0.2, 0) is 19.1 Å². The second kappa shape index (κ2) is 12.8. The molecule has 3 aromatic carbocycles. The van der Waals surface area contributed by atoms with Crippen LogP contribution in [0.4, 0.5) is 0 Å². The molecule has 0 unspecified atom stereocenters. The van der Waals surface area contributed by atoms with Crippen LogP contribution in [0, 0.1) is 17.8 Å². The maximum Gasteiger partial charge on any atom is 0.311 e. The van der Waals surface area contributed by atoms with E-state index in [9.17, 15) is 9.59 Å². The maximum atomic E-state index is 14.4. The molecule has 7 atom stereocenters. The number of hydrogen-bond donors (Lipinski definition) is 1. The normalized spacial score (nSPS) is 25.3. The fraction of sp³-hybridized carbons (Fsp3) is 0.459. The van der Waals surface area contributed by atoms with Crippen molar-refractivity contribution in [2.75, 3.05) is 0 Å². The largest absolute Gasteiger partial charge is 0.460 e. The lowest BCUT2D eigenvalue weighted by Crippen LogP contribution is -2.58. The van der Waals surface area contributed by atoms with Crippen molar-refractivity contribution in [1.29, 1.82) is 0 Å². The van der Waals surface area contributed by atoms with Gasteiger partial charge in [-0.2, -0.15) is 0 Å². The maximum absolute atomic E-state index is 14.4. The van der Waals surface area contributed by atoms with Crippen LogP contribution in [0.5, 0.6) is 0 Å². The fourth-order valence-corrected chi connectivity index (χ4v) is 6.53. The minimum absolute atomic E-state index is 0.0329. The number of carbonyl (C=O) groups excluding carboxylic acids is 2. The zero-order valence-corrected chi connectivity index (χ0v) is 26.3. The molecule has 1 aliphatic rings. The Hall–Kier alpha value is -3.44. The van der Waals surface area contributed by atoms with Gasteiger partial charge in [0.2, 0.25) is 0 Å². The van der Waals surface area contributed by atoms with Gasteiger partial charge in [-0.25, -0.2) is 0 Å². The van der Waals surface area contributed by atoms with E-state index in [1.54, 1.807) is 0 Å². The third kappa shape index (κ3) is 7.49. The summed E-state index contributed by atoms with van der Waals surface area (Å²) in [6, 6.07) is 30.1. The number of ether oxygens (including phenoxy) is 2. The summed E-state index contributed by atoms with van der Waals surface area (Å²) in [5.74, 6) is -2.62. The van der Waals surface area contributed by atoms with Crippen molar-refractivity contribution in [2.45, 2.75) is 90.5 Å². The standard InChI is InChI=1S/C37H47NO4/c1-24-29(27-20-14-10-15-21-27)31(34(39)41-36(3,4)5)30(28-22-16-11-17-23-28)32(35(40)42-37(6,7)8)33(24)38-25(2)26-18-12-9-13-19-26/h9-25,29-33,38H,1-8H3/t24-,25-,29+,30-,31+,32+,33-/m0/s1. The average Bonchev–Trinajstić information content (AvgIpc) is 2.93. The zero-order chi connectivity index (χ0) is 30.7. The summed E-state index contributed by atoms with van der Waals surface area (Å²) in [6.45, 7) is 15.6. The first-order chi connectivity index (χ1) is 19.8. The Labute approximate surface area is 252 Å². The van der Waals surface area contributed by atoms with Crippen LogP contribution in [0.1, 0.15) is 90.0 Å². The van der Waals surface area contributed by atoms with Crippen molar-refractivity contribution in [3.63, 3.8) is 0 Å². The molecule has 1 N–H and O–H groups in total. The molecule has 1 fully saturated rings. The Bertz CT molecular complexity index is 1310. The van der Waals surface area contributed by atoms with Crippen LogP contribution >= 0.6 is 0 Å². The topological polar surface area (TPSA) is 64.6 Å². The van der Waals surface area contributed by atoms with Gasteiger partial charge in [0.05, 0.1) is 11.8 Å². The molecule has 1 aliphatic carbocycles. The van der Waals surface area contributed by atoms with E-state index in [1.807, 2.05) is 108 Å². The summed E-state index contributed by atoms with van der Waals surface area (Å²) in [6.07, 6.45) is 0. The van der Waals surface area contributed by atoms with E-state index >= 15 is 0 Å². The number of benzene rings is 3. The van der Waals surface area contributed by atoms with E-state index in [4.69, 9.17) is 9.47 Å². The van der Waals surface area contributed by atoms with Crippen LogP contribution in [0.3, 0.4) is 0 Å². The number of carbonyl (C=O) groups is 2. The molecule has 0 radical (unpaired) electrons. The van der Waals surface area contributed by atoms with Gasteiger partial charge < -0.3 is 14.8 Å². The molecule has 0 bridgehead atoms. The van der Waals surface area contributed by atoms with Crippen LogP contribution in [0.15, 0.2) is 91.0 Å². The van der Waals surface area contributed by atoms with E-state index in [0.29, 0.717) is 0 Å². The minimum Gasteiger partial charge on any atom is -0.460 e. The van der Waals surface area contributed by atoms with Gasteiger partial charge in [-0.3, -0.25) is 9.59 Å². The highest BCUT2D eigenvalue weighted by atomic mass is 16.6. The van der Waals surface area contributed by atoms with Crippen molar-refractivity contribution < 1.29 is 19.1 Å². The van der Waals surface area contributed by atoms with Crippen LogP contribution in [-0.4, -0.2) is 29.2 Å². The van der Waals surface area contributed by atoms with Crippen LogP contribution in [0.25, 0.3) is 0 Å². The van der Waals surface area contributed by atoms with E-state index < -0.39 is 29.0 Å². The van der Waals surface area contributed by atoms with Crippen molar-refractivity contribution in [2.24, 2.45) is 17.8 Å². The third-order valence-electron chi connectivity index (χ3n) is 8.15. The Morgan fingerprint density at radius 2 is 1.05 bits per heavy atom. The monoisotopic (exact) mass is 569 g/mol. The van der Waals surface area contributed by atoms with E-state index in [-0.39, 0.29) is 35.9 Å². The van der Waals surface area contributed by atoms with E-state index in [2.05, 4.69) is 43.4 Å². The molecule has 0 saturated heterocycles. The molecule has 5 nitrogen and oxygen atoms in total. The molecule has 0 aliphatic heterocycles. The lowest BCUT2D eigenvalue weighted by atomic mass is 9.56. The number of hydrogen-bond acceptors (Lipinski definition) is 5. The number of rotatable bonds is 7. The van der Waals surface area contributed by atoms with Gasteiger partial charge in [-0.1, -0.05) is 97.9 Å². The summed E-state index contributed by atoms with van der Waals surface area (Å²) in [7, 11) is 0. The van der Waals surface area contributed by atoms with Crippen molar-refractivity contribution >= 4 is 11.9 Å². The van der Waals surface area contributed by atoms with Gasteiger partial charge in [0.15, 0.2) is 0 Å². The van der Waals surface area contributed by atoms with Gasteiger partial charge in [0.1, 0.15) is 11.2 Å². The molecule has 0 spiro atoms. The highest BCUT2D eigenvalue weighted by Crippen LogP contribution is 2.53. The molecular formula is C37H47NO4. The summed E-state index contributed by atoms with van der Waals surface area (Å²) in [5.41, 5.74) is 1.75. The molecule has 5 heteroatoms. The Kier molecular flexibility index (Phi) is 9.62. The van der Waals surface area contributed by atoms with Gasteiger partial charge in [-0.05, 0) is 71.1 Å². The average molecular weight is 570 g/mol. The number of esters is 2. The summed E-state index contributed by atoms with van der Waals surface area (Å²) in [5, 5.41) is 3.86. The summed E-state index contributed by atoms with van der Waals surface area (Å²) < 4.78 is 12.3. The van der Waals surface area contributed by atoms with Gasteiger partial charge in [-0.15, -0.1) is 0 Å². The van der Waals surface area contributed by atoms with E-state index in [0.717, 1.165) is 16.7 Å². The predicted molar refractivity (Wildman–Crippen MR) is 168 cm³/mol. The minimum atomic E-state index is -0.686. The first kappa shape index (κ1) is 31.5. The Balaban J connectivity index is 1.94. The van der Waals surface area contributed by atoms with Crippen LogP contribution < -0.4 is 5.32 Å². The first-order valence-corrected chi connectivity index (χ1v) is 15.1. The molecule has 1 saturated carbocycles. The highest BCUT2D eigenvalue weighted by Gasteiger charge is 2.57. The van der Waals surface area contributed by atoms with Crippen molar-refractivity contribution in [3.05, 3.63) is 108 Å². The van der Waals surface area contributed by atoms with Gasteiger partial charge in [0, 0.05) is 23.9 Å². The summed E-state index contributed by atoms with van der Waals surface area (Å²) in [4.78, 5) is 28.7. The summed E-state index contributed by atoms with van der Waals surface area (Å²) >= 11 is 0. The molecule has 3 aromatic rings. The smallest absolute Gasteiger partial charge is 0.311 e. The molecule has 224 valence electrons.